The summed E-state index contributed by atoms with van der Waals surface area (Å²) in [6, 6.07) is 3.70. The highest BCUT2D eigenvalue weighted by molar-refractivity contribution is 9.10. The Morgan fingerprint density at radius 1 is 1.60 bits per heavy atom. The molecule has 1 aromatic heterocycles. The molecule has 2 rings (SSSR count). The van der Waals surface area contributed by atoms with Gasteiger partial charge in [0.05, 0.1) is 5.69 Å². The lowest BCUT2D eigenvalue weighted by atomic mass is 10.3. The van der Waals surface area contributed by atoms with Crippen LogP contribution < -0.4 is 5.32 Å². The number of anilines is 1. The predicted molar refractivity (Wildman–Crippen MR) is 62.6 cm³/mol. The number of carbonyl (C=O) groups excluding carboxylic acids is 1. The first-order valence-electron chi connectivity index (χ1n) is 5.02. The fourth-order valence-corrected chi connectivity index (χ4v) is 1.74. The van der Waals surface area contributed by atoms with E-state index >= 15 is 0 Å². The van der Waals surface area contributed by atoms with Gasteiger partial charge in [-0.3, -0.25) is 4.79 Å². The van der Waals surface area contributed by atoms with Crippen LogP contribution in [0.1, 0.15) is 19.0 Å². The lowest BCUT2D eigenvalue weighted by molar-refractivity contribution is -0.117. The Morgan fingerprint density at radius 2 is 2.27 bits per heavy atom. The molecule has 1 N–H and O–H groups in total. The van der Waals surface area contributed by atoms with Crippen molar-refractivity contribution in [1.82, 2.24) is 4.98 Å². The molecule has 0 bridgehead atoms. The van der Waals surface area contributed by atoms with E-state index in [9.17, 15) is 4.79 Å². The topological polar surface area (TPSA) is 42.0 Å². The number of aryl methyl sites for hydroxylation is 1. The van der Waals surface area contributed by atoms with E-state index in [1.54, 1.807) is 0 Å². The van der Waals surface area contributed by atoms with Crippen molar-refractivity contribution < 1.29 is 4.79 Å². The van der Waals surface area contributed by atoms with Crippen molar-refractivity contribution in [3.63, 3.8) is 0 Å². The lowest BCUT2D eigenvalue weighted by Gasteiger charge is -2.05. The average Bonchev–Trinajstić information content (AvgIpc) is 2.89. The highest BCUT2D eigenvalue weighted by Gasteiger charge is 2.39. The first-order chi connectivity index (χ1) is 7.08. The Hall–Kier alpha value is -0.900. The summed E-state index contributed by atoms with van der Waals surface area (Å²) in [5, 5.41) is 2.83. The average molecular weight is 269 g/mol. The summed E-state index contributed by atoms with van der Waals surface area (Å²) in [4.78, 5) is 15.9. The van der Waals surface area contributed by atoms with E-state index in [1.807, 2.05) is 19.1 Å². The molecule has 0 radical (unpaired) electrons. The fourth-order valence-electron chi connectivity index (χ4n) is 1.52. The van der Waals surface area contributed by atoms with Crippen LogP contribution in [-0.4, -0.2) is 10.9 Å². The molecule has 1 aliphatic rings. The van der Waals surface area contributed by atoms with Gasteiger partial charge in [0.1, 0.15) is 5.82 Å². The van der Waals surface area contributed by atoms with Crippen molar-refractivity contribution in [2.45, 2.75) is 20.3 Å². The molecule has 0 spiro atoms. The van der Waals surface area contributed by atoms with E-state index < -0.39 is 0 Å². The van der Waals surface area contributed by atoms with Crippen LogP contribution >= 0.6 is 15.9 Å². The zero-order chi connectivity index (χ0) is 11.0. The second-order valence-electron chi connectivity index (χ2n) is 4.07. The van der Waals surface area contributed by atoms with Crippen molar-refractivity contribution in [2.75, 3.05) is 5.32 Å². The van der Waals surface area contributed by atoms with Gasteiger partial charge in [0.2, 0.25) is 5.91 Å². The Bertz CT molecular complexity index is 406. The molecule has 0 aromatic carbocycles. The van der Waals surface area contributed by atoms with Crippen LogP contribution in [-0.2, 0) is 4.79 Å². The third kappa shape index (κ3) is 2.37. The minimum atomic E-state index is 0.0942. The quantitative estimate of drug-likeness (QED) is 0.896. The van der Waals surface area contributed by atoms with Crippen LogP contribution in [0.25, 0.3) is 0 Å². The van der Waals surface area contributed by atoms with Crippen molar-refractivity contribution in [1.29, 1.82) is 0 Å². The lowest BCUT2D eigenvalue weighted by Crippen LogP contribution is -2.15. The minimum Gasteiger partial charge on any atom is -0.310 e. The van der Waals surface area contributed by atoms with Crippen molar-refractivity contribution in [3.8, 4) is 0 Å². The van der Waals surface area contributed by atoms with Crippen LogP contribution in [0.15, 0.2) is 16.6 Å². The van der Waals surface area contributed by atoms with E-state index in [2.05, 4.69) is 33.2 Å². The third-order valence-corrected chi connectivity index (χ3v) is 3.56. The molecular formula is C11H13BrN2O. The maximum Gasteiger partial charge on any atom is 0.228 e. The largest absolute Gasteiger partial charge is 0.310 e. The number of pyridine rings is 1. The summed E-state index contributed by atoms with van der Waals surface area (Å²) in [5.74, 6) is 1.45. The van der Waals surface area contributed by atoms with E-state index in [1.165, 1.54) is 0 Å². The molecule has 4 heteroatoms. The van der Waals surface area contributed by atoms with Gasteiger partial charge in [-0.25, -0.2) is 4.98 Å². The van der Waals surface area contributed by atoms with Gasteiger partial charge in [0.15, 0.2) is 0 Å². The van der Waals surface area contributed by atoms with Gasteiger partial charge in [0, 0.05) is 10.4 Å². The zero-order valence-electron chi connectivity index (χ0n) is 8.75. The molecule has 1 heterocycles. The molecule has 80 valence electrons. The molecule has 15 heavy (non-hydrogen) atoms. The van der Waals surface area contributed by atoms with Crippen molar-refractivity contribution >= 4 is 27.7 Å². The third-order valence-electron chi connectivity index (χ3n) is 2.72. The number of hydrogen-bond acceptors (Lipinski definition) is 2. The van der Waals surface area contributed by atoms with Gasteiger partial charge in [-0.1, -0.05) is 6.92 Å². The zero-order valence-corrected chi connectivity index (χ0v) is 10.3. The van der Waals surface area contributed by atoms with Gasteiger partial charge in [-0.05, 0) is 47.3 Å². The summed E-state index contributed by atoms with van der Waals surface area (Å²) >= 11 is 3.37. The molecule has 2 atom stereocenters. The highest BCUT2D eigenvalue weighted by atomic mass is 79.9. The summed E-state index contributed by atoms with van der Waals surface area (Å²) in [6.45, 7) is 3.99. The van der Waals surface area contributed by atoms with Crippen LogP contribution in [0.3, 0.4) is 0 Å². The first kappa shape index (κ1) is 10.6. The molecular weight excluding hydrogens is 256 g/mol. The SMILES string of the molecule is Cc1nc(NC(=O)C2CC2C)ccc1Br. The Kier molecular flexibility index (Phi) is 2.78. The first-order valence-corrected chi connectivity index (χ1v) is 5.81. The smallest absolute Gasteiger partial charge is 0.228 e. The number of hydrogen-bond donors (Lipinski definition) is 1. The molecule has 1 fully saturated rings. The van der Waals surface area contributed by atoms with E-state index in [0.717, 1.165) is 16.6 Å². The molecule has 1 saturated carbocycles. The fraction of sp³-hybridized carbons (Fsp3) is 0.455. The Labute approximate surface area is 97.4 Å². The van der Waals surface area contributed by atoms with Gasteiger partial charge in [-0.2, -0.15) is 0 Å². The van der Waals surface area contributed by atoms with E-state index in [-0.39, 0.29) is 11.8 Å². The molecule has 1 aromatic rings. The van der Waals surface area contributed by atoms with Gasteiger partial charge in [0.25, 0.3) is 0 Å². The Morgan fingerprint density at radius 3 is 2.80 bits per heavy atom. The van der Waals surface area contributed by atoms with Gasteiger partial charge >= 0.3 is 0 Å². The van der Waals surface area contributed by atoms with Crippen LogP contribution in [0.5, 0.6) is 0 Å². The van der Waals surface area contributed by atoms with Crippen molar-refractivity contribution in [2.24, 2.45) is 11.8 Å². The standard InChI is InChI=1S/C11H13BrN2O/c1-6-5-8(6)11(15)14-10-4-3-9(12)7(2)13-10/h3-4,6,8H,5H2,1-2H3,(H,13,14,15). The van der Waals surface area contributed by atoms with Gasteiger partial charge < -0.3 is 5.32 Å². The van der Waals surface area contributed by atoms with E-state index in [0.29, 0.717) is 11.7 Å². The van der Waals surface area contributed by atoms with Crippen LogP contribution in [0.2, 0.25) is 0 Å². The molecule has 3 nitrogen and oxygen atoms in total. The van der Waals surface area contributed by atoms with Crippen LogP contribution in [0, 0.1) is 18.8 Å². The van der Waals surface area contributed by atoms with Crippen LogP contribution in [0.4, 0.5) is 5.82 Å². The van der Waals surface area contributed by atoms with E-state index in [4.69, 9.17) is 0 Å². The number of halogens is 1. The number of rotatable bonds is 2. The minimum absolute atomic E-state index is 0.0942. The number of nitrogens with zero attached hydrogens (tertiary/aromatic N) is 1. The molecule has 1 aliphatic carbocycles. The summed E-state index contributed by atoms with van der Waals surface area (Å²) in [7, 11) is 0. The second-order valence-corrected chi connectivity index (χ2v) is 4.93. The number of aromatic nitrogens is 1. The monoisotopic (exact) mass is 268 g/mol. The number of nitrogens with one attached hydrogen (secondary N) is 1. The maximum atomic E-state index is 11.6. The Balaban J connectivity index is 2.04. The second kappa shape index (κ2) is 3.93. The summed E-state index contributed by atoms with van der Waals surface area (Å²) in [6.07, 6.45) is 1.00. The number of carbonyl (C=O) groups is 1. The summed E-state index contributed by atoms with van der Waals surface area (Å²) < 4.78 is 0.959. The molecule has 0 aliphatic heterocycles. The molecule has 2 unspecified atom stereocenters. The normalized spacial score (nSPS) is 23.7. The highest BCUT2D eigenvalue weighted by Crippen LogP contribution is 2.38. The number of amides is 1. The summed E-state index contributed by atoms with van der Waals surface area (Å²) in [5.41, 5.74) is 0.886. The predicted octanol–water partition coefficient (Wildman–Crippen LogP) is 2.75. The maximum absolute atomic E-state index is 11.6. The molecule has 0 saturated heterocycles. The molecule has 1 amide bonds. The van der Waals surface area contributed by atoms with Crippen molar-refractivity contribution in [3.05, 3.63) is 22.3 Å². The van der Waals surface area contributed by atoms with Gasteiger partial charge in [-0.15, -0.1) is 0 Å².